The first-order valence-electron chi connectivity index (χ1n) is 12.5. The fraction of sp³-hybridized carbons (Fsp3) is 0.241. The number of benzene rings is 3. The zero-order valence-corrected chi connectivity index (χ0v) is 20.9. The van der Waals surface area contributed by atoms with Crippen LogP contribution in [0.2, 0.25) is 0 Å². The number of carbonyl (C=O) groups is 2. The molecule has 39 heavy (non-hydrogen) atoms. The summed E-state index contributed by atoms with van der Waals surface area (Å²) in [5.74, 6) is -2.85. The lowest BCUT2D eigenvalue weighted by Gasteiger charge is -2.24. The van der Waals surface area contributed by atoms with Crippen molar-refractivity contribution in [2.24, 2.45) is 12.8 Å². The summed E-state index contributed by atoms with van der Waals surface area (Å²) in [5.41, 5.74) is 7.60. The molecule has 0 unspecified atom stereocenters. The monoisotopic (exact) mass is 527 g/mol. The van der Waals surface area contributed by atoms with Gasteiger partial charge in [0.2, 0.25) is 0 Å². The van der Waals surface area contributed by atoms with Gasteiger partial charge < -0.3 is 15.7 Å². The molecule has 3 N–H and O–H groups in total. The Morgan fingerprint density at radius 1 is 1.05 bits per heavy atom. The Kier molecular flexibility index (Phi) is 5.70. The van der Waals surface area contributed by atoms with Gasteiger partial charge in [-0.2, -0.15) is 10.4 Å². The number of nitrogens with zero attached hydrogens (tertiary/aromatic N) is 4. The number of hydrogen-bond donors (Lipinski definition) is 2. The smallest absolute Gasteiger partial charge is 0.357 e. The molecule has 2 bridgehead atoms. The van der Waals surface area contributed by atoms with Crippen LogP contribution in [0.4, 0.5) is 8.78 Å². The van der Waals surface area contributed by atoms with E-state index in [4.69, 9.17) is 5.73 Å². The normalized spacial score (nSPS) is 20.0. The first-order valence-corrected chi connectivity index (χ1v) is 12.5. The largest absolute Gasteiger partial charge is 0.476 e. The summed E-state index contributed by atoms with van der Waals surface area (Å²) in [6.07, 6.45) is 2.47. The second-order valence-electron chi connectivity index (χ2n) is 10.1. The molecular formula is C29H23F2N5O3. The zero-order valence-electron chi connectivity index (χ0n) is 20.9. The summed E-state index contributed by atoms with van der Waals surface area (Å²) in [5, 5.41) is 23.0. The average Bonchev–Trinajstić information content (AvgIpc) is 3.57. The van der Waals surface area contributed by atoms with Gasteiger partial charge in [0.1, 0.15) is 17.7 Å². The highest BCUT2D eigenvalue weighted by molar-refractivity contribution is 6.04. The third kappa shape index (κ3) is 3.85. The summed E-state index contributed by atoms with van der Waals surface area (Å²) in [6, 6.07) is 13.1. The Morgan fingerprint density at radius 2 is 1.85 bits per heavy atom. The number of nitriles is 1. The van der Waals surface area contributed by atoms with E-state index in [-0.39, 0.29) is 46.2 Å². The number of nitrogens with two attached hydrogens (primary N) is 1. The van der Waals surface area contributed by atoms with E-state index in [1.165, 1.54) is 42.1 Å². The Bertz CT molecular complexity index is 1740. The van der Waals surface area contributed by atoms with Gasteiger partial charge >= 0.3 is 5.97 Å². The van der Waals surface area contributed by atoms with E-state index in [1.807, 2.05) is 4.90 Å². The van der Waals surface area contributed by atoms with Gasteiger partial charge in [-0.3, -0.25) is 9.48 Å². The summed E-state index contributed by atoms with van der Waals surface area (Å²) >= 11 is 0. The Morgan fingerprint density at radius 3 is 2.49 bits per heavy atom. The molecule has 2 fully saturated rings. The van der Waals surface area contributed by atoms with Crippen LogP contribution >= 0.6 is 0 Å². The number of aromatic nitrogens is 2. The Balaban J connectivity index is 1.54. The Labute approximate surface area is 221 Å². The molecular weight excluding hydrogens is 504 g/mol. The van der Waals surface area contributed by atoms with Crippen LogP contribution in [0.1, 0.15) is 45.7 Å². The molecule has 3 aromatic carbocycles. The molecule has 1 aromatic heterocycles. The maximum absolute atomic E-state index is 15.6. The first kappa shape index (κ1) is 24.7. The van der Waals surface area contributed by atoms with Gasteiger partial charge in [0.05, 0.1) is 11.1 Å². The molecule has 8 nitrogen and oxygen atoms in total. The van der Waals surface area contributed by atoms with Crippen molar-refractivity contribution in [3.8, 4) is 28.3 Å². The number of amides is 1. The number of carboxylic acid groups (broad SMARTS) is 1. The van der Waals surface area contributed by atoms with Gasteiger partial charge in [-0.05, 0) is 66.3 Å². The highest BCUT2D eigenvalue weighted by atomic mass is 19.1. The zero-order chi connectivity index (χ0) is 27.6. The molecule has 0 spiro atoms. The third-order valence-corrected chi connectivity index (χ3v) is 7.92. The predicted molar refractivity (Wildman–Crippen MR) is 139 cm³/mol. The fourth-order valence-electron chi connectivity index (χ4n) is 6.07. The lowest BCUT2D eigenvalue weighted by Crippen LogP contribution is -2.40. The molecule has 6 rings (SSSR count). The van der Waals surface area contributed by atoms with Crippen molar-refractivity contribution in [1.82, 2.24) is 14.7 Å². The molecule has 10 heteroatoms. The summed E-state index contributed by atoms with van der Waals surface area (Å²) in [7, 11) is 1.52. The third-order valence-electron chi connectivity index (χ3n) is 7.92. The van der Waals surface area contributed by atoms with Gasteiger partial charge in [-0.15, -0.1) is 0 Å². The second-order valence-corrected chi connectivity index (χ2v) is 10.1. The number of carbonyl (C=O) groups excluding carboxylic acids is 1. The van der Waals surface area contributed by atoms with Crippen LogP contribution in [-0.2, 0) is 7.05 Å². The van der Waals surface area contributed by atoms with Crippen LogP contribution < -0.4 is 5.73 Å². The van der Waals surface area contributed by atoms with Crippen molar-refractivity contribution in [1.29, 1.82) is 5.26 Å². The second kappa shape index (κ2) is 8.99. The minimum atomic E-state index is -1.26. The molecule has 0 aliphatic carbocycles. The van der Waals surface area contributed by atoms with Crippen molar-refractivity contribution in [3.63, 3.8) is 0 Å². The predicted octanol–water partition coefficient (Wildman–Crippen LogP) is 4.46. The molecule has 2 saturated heterocycles. The van der Waals surface area contributed by atoms with Crippen molar-refractivity contribution < 1.29 is 23.5 Å². The molecule has 2 aliphatic heterocycles. The van der Waals surface area contributed by atoms with E-state index < -0.39 is 17.6 Å². The standard InChI is InChI=1S/C29H23F2N5O3/c1-35-26-12-23(31)20(11-21(26)27(34-35)29(38)39)18-6-4-15(28(37)36-17-5-7-25(36)24(33)10-17)8-19(18)14-2-3-16(13-32)22(30)9-14/h2-4,6,8-9,11-12,17,24-25H,5,7,10,33H2,1H3,(H,38,39)/t17-,24+,25+/m1/s1. The summed E-state index contributed by atoms with van der Waals surface area (Å²) in [4.78, 5) is 27.2. The van der Waals surface area contributed by atoms with Gasteiger partial charge in [-0.1, -0.05) is 12.1 Å². The number of rotatable bonds is 4. The minimum Gasteiger partial charge on any atom is -0.476 e. The van der Waals surface area contributed by atoms with E-state index in [0.29, 0.717) is 27.8 Å². The maximum atomic E-state index is 15.6. The van der Waals surface area contributed by atoms with Gasteiger partial charge in [0, 0.05) is 47.8 Å². The minimum absolute atomic E-state index is 0.0437. The molecule has 3 heterocycles. The van der Waals surface area contributed by atoms with E-state index in [0.717, 1.165) is 19.3 Å². The van der Waals surface area contributed by atoms with Crippen LogP contribution in [0.25, 0.3) is 33.2 Å². The summed E-state index contributed by atoms with van der Waals surface area (Å²) in [6.45, 7) is 0. The number of aromatic carboxylic acids is 1. The van der Waals surface area contributed by atoms with Crippen LogP contribution in [0.15, 0.2) is 48.5 Å². The number of halogens is 2. The van der Waals surface area contributed by atoms with Crippen LogP contribution in [-0.4, -0.2) is 49.8 Å². The van der Waals surface area contributed by atoms with Crippen LogP contribution in [0.5, 0.6) is 0 Å². The number of fused-ring (bicyclic) bond motifs is 3. The average molecular weight is 528 g/mol. The highest BCUT2D eigenvalue weighted by Gasteiger charge is 2.47. The van der Waals surface area contributed by atoms with Crippen LogP contribution in [0, 0.1) is 23.0 Å². The van der Waals surface area contributed by atoms with E-state index >= 15 is 4.39 Å². The first-order chi connectivity index (χ1) is 18.7. The number of hydrogen-bond acceptors (Lipinski definition) is 5. The van der Waals surface area contributed by atoms with Gasteiger partial charge in [0.25, 0.3) is 5.91 Å². The topological polar surface area (TPSA) is 125 Å². The van der Waals surface area contributed by atoms with E-state index in [1.54, 1.807) is 24.3 Å². The fourth-order valence-corrected chi connectivity index (χ4v) is 6.07. The highest BCUT2D eigenvalue weighted by Crippen LogP contribution is 2.40. The van der Waals surface area contributed by atoms with Crippen molar-refractivity contribution in [2.45, 2.75) is 37.4 Å². The molecule has 196 valence electrons. The Hall–Kier alpha value is -4.62. The van der Waals surface area contributed by atoms with Gasteiger partial charge in [0.15, 0.2) is 5.69 Å². The molecule has 0 radical (unpaired) electrons. The van der Waals surface area contributed by atoms with Crippen molar-refractivity contribution in [3.05, 3.63) is 77.0 Å². The SMILES string of the molecule is Cn1nc(C(=O)O)c2cc(-c3ccc(C(=O)N4[C@@H]5CC[C@H]4[C@@H](N)C5)cc3-c3ccc(C#N)c(F)c3)c(F)cc21. The van der Waals surface area contributed by atoms with Crippen LogP contribution in [0.3, 0.4) is 0 Å². The molecule has 2 aliphatic rings. The lowest BCUT2D eigenvalue weighted by atomic mass is 9.91. The van der Waals surface area contributed by atoms with E-state index in [9.17, 15) is 24.3 Å². The number of carboxylic acids is 1. The van der Waals surface area contributed by atoms with E-state index in [2.05, 4.69) is 5.10 Å². The van der Waals surface area contributed by atoms with Crippen molar-refractivity contribution >= 4 is 22.8 Å². The maximum Gasteiger partial charge on any atom is 0.357 e. The molecule has 0 saturated carbocycles. The molecule has 4 aromatic rings. The summed E-state index contributed by atoms with van der Waals surface area (Å²) < 4.78 is 31.5. The molecule has 1 amide bonds. The lowest BCUT2D eigenvalue weighted by molar-refractivity contribution is 0.0689. The number of aryl methyl sites for hydroxylation is 1. The van der Waals surface area contributed by atoms with Gasteiger partial charge in [-0.25, -0.2) is 13.6 Å². The van der Waals surface area contributed by atoms with Crippen molar-refractivity contribution in [2.75, 3.05) is 0 Å². The molecule has 3 atom stereocenters. The quantitative estimate of drug-likeness (QED) is 0.404.